The summed E-state index contributed by atoms with van der Waals surface area (Å²) in [7, 11) is 0. The molecule has 0 saturated heterocycles. The van der Waals surface area contributed by atoms with Gasteiger partial charge in [0.25, 0.3) is 5.89 Å². The zero-order chi connectivity index (χ0) is 22.7. The number of aromatic nitrogens is 2. The first-order valence-corrected chi connectivity index (χ1v) is 11.2. The van der Waals surface area contributed by atoms with Crippen LogP contribution in [0.4, 0.5) is 5.69 Å². The number of carbonyl (C=O) groups is 1. The lowest BCUT2D eigenvalue weighted by Gasteiger charge is -2.30. The molecule has 3 aromatic rings. The molecule has 2 atom stereocenters. The van der Waals surface area contributed by atoms with Gasteiger partial charge in [-0.25, -0.2) is 0 Å². The maximum atomic E-state index is 11.5. The molecule has 168 valence electrons. The Kier molecular flexibility index (Phi) is 6.65. The highest BCUT2D eigenvalue weighted by atomic mass is 35.5. The summed E-state index contributed by atoms with van der Waals surface area (Å²) in [5.74, 6) is 0.352. The molecule has 0 radical (unpaired) electrons. The predicted molar refractivity (Wildman–Crippen MR) is 123 cm³/mol. The van der Waals surface area contributed by atoms with Crippen LogP contribution >= 0.6 is 11.6 Å². The molecule has 1 aliphatic carbocycles. The van der Waals surface area contributed by atoms with Crippen molar-refractivity contribution in [2.45, 2.75) is 51.7 Å². The SMILES string of the molecule is CC(C)Oc1ccc(-c2noc(-c3ccc(N[C@@H]4CCCC[C@@H]4C(=O)O)cc3)n2)cc1Cl. The lowest BCUT2D eigenvalue weighted by Crippen LogP contribution is -2.37. The Balaban J connectivity index is 1.46. The first-order valence-electron chi connectivity index (χ1n) is 10.8. The number of hydrogen-bond acceptors (Lipinski definition) is 6. The van der Waals surface area contributed by atoms with E-state index in [2.05, 4.69) is 15.5 Å². The van der Waals surface area contributed by atoms with Crippen LogP contribution < -0.4 is 10.1 Å². The number of benzene rings is 2. The third-order valence-electron chi connectivity index (χ3n) is 5.55. The summed E-state index contributed by atoms with van der Waals surface area (Å²) in [6.07, 6.45) is 3.60. The Morgan fingerprint density at radius 2 is 1.88 bits per heavy atom. The van der Waals surface area contributed by atoms with Crippen molar-refractivity contribution >= 4 is 23.3 Å². The molecule has 7 nitrogen and oxygen atoms in total. The number of carboxylic acids is 1. The maximum absolute atomic E-state index is 11.5. The molecule has 4 rings (SSSR count). The standard InChI is InChI=1S/C24H26ClN3O4/c1-14(2)31-21-12-9-16(13-19(21)25)22-27-23(32-28-22)15-7-10-17(11-8-15)26-20-6-4-3-5-18(20)24(29)30/h7-14,18,20,26H,3-6H2,1-2H3,(H,29,30)/t18-,20+/m0/s1. The molecular formula is C24H26ClN3O4. The third-order valence-corrected chi connectivity index (χ3v) is 5.84. The molecule has 1 aromatic heterocycles. The van der Waals surface area contributed by atoms with Crippen LogP contribution in [0.3, 0.4) is 0 Å². The molecule has 0 spiro atoms. The van der Waals surface area contributed by atoms with Crippen LogP contribution in [0.2, 0.25) is 5.02 Å². The number of hydrogen-bond donors (Lipinski definition) is 2. The Labute approximate surface area is 191 Å². The smallest absolute Gasteiger partial charge is 0.308 e. The summed E-state index contributed by atoms with van der Waals surface area (Å²) in [5.41, 5.74) is 2.38. The first kappa shape index (κ1) is 22.1. The van der Waals surface area contributed by atoms with Crippen molar-refractivity contribution in [2.75, 3.05) is 5.32 Å². The van der Waals surface area contributed by atoms with Crippen LogP contribution in [-0.2, 0) is 4.79 Å². The lowest BCUT2D eigenvalue weighted by molar-refractivity contribution is -0.143. The molecule has 1 fully saturated rings. The van der Waals surface area contributed by atoms with Gasteiger partial charge < -0.3 is 19.7 Å². The van der Waals surface area contributed by atoms with Crippen molar-refractivity contribution in [1.29, 1.82) is 0 Å². The van der Waals surface area contributed by atoms with E-state index in [0.717, 1.165) is 36.1 Å². The summed E-state index contributed by atoms with van der Waals surface area (Å²) in [5, 5.41) is 17.4. The zero-order valence-corrected chi connectivity index (χ0v) is 18.8. The average molecular weight is 456 g/mol. The van der Waals surface area contributed by atoms with E-state index in [-0.39, 0.29) is 18.1 Å². The van der Waals surface area contributed by atoms with Crippen molar-refractivity contribution in [3.63, 3.8) is 0 Å². The van der Waals surface area contributed by atoms with Crippen LogP contribution in [0.25, 0.3) is 22.8 Å². The molecule has 1 saturated carbocycles. The Hall–Kier alpha value is -3.06. The molecular weight excluding hydrogens is 430 g/mol. The van der Waals surface area contributed by atoms with E-state index >= 15 is 0 Å². The van der Waals surface area contributed by atoms with Crippen molar-refractivity contribution in [1.82, 2.24) is 10.1 Å². The molecule has 32 heavy (non-hydrogen) atoms. The van der Waals surface area contributed by atoms with Gasteiger partial charge in [-0.1, -0.05) is 29.6 Å². The van der Waals surface area contributed by atoms with E-state index in [1.807, 2.05) is 44.2 Å². The fraction of sp³-hybridized carbons (Fsp3) is 0.375. The minimum absolute atomic E-state index is 0.0284. The van der Waals surface area contributed by atoms with E-state index in [1.54, 1.807) is 12.1 Å². The average Bonchev–Trinajstić information content (AvgIpc) is 3.26. The van der Waals surface area contributed by atoms with E-state index in [4.69, 9.17) is 20.9 Å². The van der Waals surface area contributed by atoms with E-state index in [9.17, 15) is 9.90 Å². The second kappa shape index (κ2) is 9.61. The van der Waals surface area contributed by atoms with Crippen molar-refractivity contribution in [3.8, 4) is 28.6 Å². The van der Waals surface area contributed by atoms with Gasteiger partial charge in [0.1, 0.15) is 5.75 Å². The Morgan fingerprint density at radius 1 is 1.16 bits per heavy atom. The highest BCUT2D eigenvalue weighted by Gasteiger charge is 2.30. The quantitative estimate of drug-likeness (QED) is 0.457. The number of carboxylic acid groups (broad SMARTS) is 1. The lowest BCUT2D eigenvalue weighted by atomic mass is 9.84. The number of halogens is 1. The fourth-order valence-corrected chi connectivity index (χ4v) is 4.19. The summed E-state index contributed by atoms with van der Waals surface area (Å²) >= 11 is 6.32. The van der Waals surface area contributed by atoms with E-state index in [0.29, 0.717) is 28.9 Å². The van der Waals surface area contributed by atoms with Gasteiger partial charge >= 0.3 is 5.97 Å². The minimum atomic E-state index is -0.735. The van der Waals surface area contributed by atoms with Gasteiger partial charge in [0.2, 0.25) is 5.82 Å². The predicted octanol–water partition coefficient (Wildman–Crippen LogP) is 5.90. The molecule has 0 amide bonds. The monoisotopic (exact) mass is 455 g/mol. The second-order valence-corrected chi connectivity index (χ2v) is 8.70. The summed E-state index contributed by atoms with van der Waals surface area (Å²) in [6, 6.07) is 12.9. The molecule has 1 heterocycles. The normalized spacial score (nSPS) is 18.5. The van der Waals surface area contributed by atoms with Gasteiger partial charge in [0.05, 0.1) is 17.0 Å². The van der Waals surface area contributed by atoms with Gasteiger partial charge in [-0.2, -0.15) is 4.98 Å². The number of nitrogens with one attached hydrogen (secondary N) is 1. The Bertz CT molecular complexity index is 1080. The van der Waals surface area contributed by atoms with Crippen LogP contribution in [0.1, 0.15) is 39.5 Å². The van der Waals surface area contributed by atoms with Crippen molar-refractivity contribution in [2.24, 2.45) is 5.92 Å². The molecule has 1 aliphatic rings. The number of aliphatic carboxylic acids is 1. The molecule has 2 N–H and O–H groups in total. The van der Waals surface area contributed by atoms with Crippen molar-refractivity contribution < 1.29 is 19.2 Å². The minimum Gasteiger partial charge on any atom is -0.489 e. The summed E-state index contributed by atoms with van der Waals surface area (Å²) < 4.78 is 11.1. The third kappa shape index (κ3) is 5.05. The number of anilines is 1. The fourth-order valence-electron chi connectivity index (χ4n) is 3.97. The second-order valence-electron chi connectivity index (χ2n) is 8.29. The maximum Gasteiger partial charge on any atom is 0.308 e. The zero-order valence-electron chi connectivity index (χ0n) is 18.0. The van der Waals surface area contributed by atoms with E-state index in [1.165, 1.54) is 0 Å². The summed E-state index contributed by atoms with van der Waals surface area (Å²) in [6.45, 7) is 3.88. The molecule has 0 unspecified atom stereocenters. The van der Waals surface area contributed by atoms with Crippen LogP contribution in [0, 0.1) is 5.92 Å². The molecule has 2 aromatic carbocycles. The van der Waals surface area contributed by atoms with Crippen LogP contribution in [0.15, 0.2) is 47.0 Å². The topological polar surface area (TPSA) is 97.5 Å². The van der Waals surface area contributed by atoms with Crippen LogP contribution in [-0.4, -0.2) is 33.4 Å². The van der Waals surface area contributed by atoms with Gasteiger partial charge in [-0.3, -0.25) is 4.79 Å². The number of ether oxygens (including phenoxy) is 1. The largest absolute Gasteiger partial charge is 0.489 e. The molecule has 0 aliphatic heterocycles. The van der Waals surface area contributed by atoms with Crippen LogP contribution in [0.5, 0.6) is 5.75 Å². The number of rotatable bonds is 7. The summed E-state index contributed by atoms with van der Waals surface area (Å²) in [4.78, 5) is 16.0. The first-order chi connectivity index (χ1) is 15.4. The van der Waals surface area contributed by atoms with Crippen molar-refractivity contribution in [3.05, 3.63) is 47.5 Å². The highest BCUT2D eigenvalue weighted by Crippen LogP contribution is 2.32. The van der Waals surface area contributed by atoms with Gasteiger partial charge in [0, 0.05) is 22.9 Å². The highest BCUT2D eigenvalue weighted by molar-refractivity contribution is 6.32. The van der Waals surface area contributed by atoms with Gasteiger partial charge in [-0.05, 0) is 69.2 Å². The molecule has 8 heteroatoms. The van der Waals surface area contributed by atoms with E-state index < -0.39 is 5.97 Å². The number of nitrogens with zero attached hydrogens (tertiary/aromatic N) is 2. The molecule has 0 bridgehead atoms. The Morgan fingerprint density at radius 3 is 2.56 bits per heavy atom. The van der Waals surface area contributed by atoms with Gasteiger partial charge in [0.15, 0.2) is 0 Å². The van der Waals surface area contributed by atoms with Gasteiger partial charge in [-0.15, -0.1) is 0 Å².